The van der Waals surface area contributed by atoms with E-state index in [9.17, 15) is 14.0 Å². The van der Waals surface area contributed by atoms with Gasteiger partial charge in [0.05, 0.1) is 31.5 Å². The molecule has 1 fully saturated rings. The average Bonchev–Trinajstić information content (AvgIpc) is 3.55. The normalized spacial score (nSPS) is 20.1. The summed E-state index contributed by atoms with van der Waals surface area (Å²) in [6.45, 7) is 2.89. The van der Waals surface area contributed by atoms with E-state index < -0.39 is 6.17 Å². The molecule has 0 aliphatic carbocycles. The Morgan fingerprint density at radius 2 is 2.03 bits per heavy atom. The van der Waals surface area contributed by atoms with Crippen LogP contribution in [0.5, 0.6) is 0 Å². The predicted octanol–water partition coefficient (Wildman–Crippen LogP) is 1.63. The fraction of sp³-hybridized carbons (Fsp3) is 0.409. The van der Waals surface area contributed by atoms with E-state index in [1.807, 2.05) is 31.2 Å². The monoisotopic (exact) mass is 437 g/mol. The van der Waals surface area contributed by atoms with Crippen molar-refractivity contribution in [3.8, 4) is 0 Å². The zero-order chi connectivity index (χ0) is 22.2. The number of benzene rings is 1. The maximum absolute atomic E-state index is 14.2. The second kappa shape index (κ2) is 8.18. The lowest BCUT2D eigenvalue weighted by molar-refractivity contribution is -0.133. The van der Waals surface area contributed by atoms with Crippen LogP contribution in [0, 0.1) is 6.92 Å². The molecule has 0 radical (unpaired) electrons. The standard InChI is InChI=1S/C22H24FN7O2/c1-15-9-24-27(10-15)14-21(31)30-11-17(23)8-18(30)12-28-13-19(25-26-28)22(32)29-7-6-16-4-2-3-5-20(16)29/h2-5,9-10,13,17-18H,6-8,11-12,14H2,1H3/t17-,18-/m0/s1. The van der Waals surface area contributed by atoms with Crippen LogP contribution in [0.15, 0.2) is 42.9 Å². The predicted molar refractivity (Wildman–Crippen MR) is 114 cm³/mol. The molecule has 0 N–H and O–H groups in total. The molecule has 0 saturated carbocycles. The Kier molecular flexibility index (Phi) is 5.20. The van der Waals surface area contributed by atoms with Crippen molar-refractivity contribution in [1.29, 1.82) is 0 Å². The number of aryl methyl sites for hydroxylation is 1. The lowest BCUT2D eigenvalue weighted by atomic mass is 10.2. The first-order valence-corrected chi connectivity index (χ1v) is 10.7. The van der Waals surface area contributed by atoms with Crippen molar-refractivity contribution in [2.24, 2.45) is 0 Å². The molecule has 0 unspecified atom stereocenters. The zero-order valence-corrected chi connectivity index (χ0v) is 17.8. The molecule has 2 aromatic heterocycles. The van der Waals surface area contributed by atoms with Crippen molar-refractivity contribution < 1.29 is 14.0 Å². The summed E-state index contributed by atoms with van der Waals surface area (Å²) in [5, 5.41) is 12.3. The van der Waals surface area contributed by atoms with Crippen LogP contribution < -0.4 is 4.90 Å². The van der Waals surface area contributed by atoms with E-state index in [1.54, 1.807) is 33.1 Å². The number of carbonyl (C=O) groups is 2. The van der Waals surface area contributed by atoms with Crippen LogP contribution in [-0.4, -0.2) is 66.8 Å². The highest BCUT2D eigenvalue weighted by Crippen LogP contribution is 2.28. The van der Waals surface area contributed by atoms with Crippen molar-refractivity contribution >= 4 is 17.5 Å². The van der Waals surface area contributed by atoms with E-state index in [4.69, 9.17) is 0 Å². The zero-order valence-electron chi connectivity index (χ0n) is 17.8. The van der Waals surface area contributed by atoms with E-state index in [-0.39, 0.29) is 49.6 Å². The van der Waals surface area contributed by atoms with Gasteiger partial charge in [-0.3, -0.25) is 14.3 Å². The van der Waals surface area contributed by atoms with Crippen LogP contribution in [0.3, 0.4) is 0 Å². The fourth-order valence-corrected chi connectivity index (χ4v) is 4.51. The van der Waals surface area contributed by atoms with Gasteiger partial charge in [-0.2, -0.15) is 5.10 Å². The van der Waals surface area contributed by atoms with Gasteiger partial charge in [-0.05, 0) is 30.5 Å². The topological polar surface area (TPSA) is 89.2 Å². The summed E-state index contributed by atoms with van der Waals surface area (Å²) in [7, 11) is 0. The first kappa shape index (κ1) is 20.3. The molecule has 0 spiro atoms. The van der Waals surface area contributed by atoms with Crippen molar-refractivity contribution in [3.05, 3.63) is 59.7 Å². The third-order valence-electron chi connectivity index (χ3n) is 6.03. The number of anilines is 1. The Bertz CT molecular complexity index is 1160. The summed E-state index contributed by atoms with van der Waals surface area (Å²) in [4.78, 5) is 29.0. The number of alkyl halides is 1. The maximum Gasteiger partial charge on any atom is 0.280 e. The molecule has 5 rings (SSSR count). The fourth-order valence-electron chi connectivity index (χ4n) is 4.51. The number of likely N-dealkylation sites (tertiary alicyclic amines) is 1. The molecule has 1 aromatic carbocycles. The molecule has 2 amide bonds. The Hall–Kier alpha value is -3.56. The van der Waals surface area contributed by atoms with Crippen LogP contribution >= 0.6 is 0 Å². The highest BCUT2D eigenvalue weighted by atomic mass is 19.1. The highest BCUT2D eigenvalue weighted by molar-refractivity contribution is 6.05. The molecule has 0 bridgehead atoms. The summed E-state index contributed by atoms with van der Waals surface area (Å²) in [5.74, 6) is -0.402. The number of amides is 2. The minimum Gasteiger partial charge on any atom is -0.333 e. The summed E-state index contributed by atoms with van der Waals surface area (Å²) in [6, 6.07) is 7.46. The highest BCUT2D eigenvalue weighted by Gasteiger charge is 2.36. The van der Waals surface area contributed by atoms with Crippen LogP contribution in [-0.2, 0) is 24.3 Å². The van der Waals surface area contributed by atoms with E-state index in [0.717, 1.165) is 23.2 Å². The molecule has 32 heavy (non-hydrogen) atoms. The summed E-state index contributed by atoms with van der Waals surface area (Å²) in [5.41, 5.74) is 3.23. The van der Waals surface area contributed by atoms with Gasteiger partial charge in [0.2, 0.25) is 5.91 Å². The second-order valence-corrected chi connectivity index (χ2v) is 8.41. The lowest BCUT2D eigenvalue weighted by Gasteiger charge is -2.24. The van der Waals surface area contributed by atoms with Crippen LogP contribution in [0.4, 0.5) is 10.1 Å². The quantitative estimate of drug-likeness (QED) is 0.605. The van der Waals surface area contributed by atoms with Gasteiger partial charge < -0.3 is 9.80 Å². The molecule has 3 aromatic rings. The molecule has 10 heteroatoms. The van der Waals surface area contributed by atoms with Gasteiger partial charge in [0.15, 0.2) is 5.69 Å². The van der Waals surface area contributed by atoms with Crippen molar-refractivity contribution in [3.63, 3.8) is 0 Å². The molecular weight excluding hydrogens is 413 g/mol. The first-order chi connectivity index (χ1) is 15.5. The van der Waals surface area contributed by atoms with Crippen molar-refractivity contribution in [2.75, 3.05) is 18.0 Å². The number of carbonyl (C=O) groups excluding carboxylic acids is 2. The van der Waals surface area contributed by atoms with E-state index in [1.165, 1.54) is 4.68 Å². The number of nitrogens with zero attached hydrogens (tertiary/aromatic N) is 7. The van der Waals surface area contributed by atoms with E-state index in [0.29, 0.717) is 6.54 Å². The van der Waals surface area contributed by atoms with Gasteiger partial charge in [0, 0.05) is 24.8 Å². The maximum atomic E-state index is 14.2. The van der Waals surface area contributed by atoms with Crippen molar-refractivity contribution in [2.45, 2.75) is 45.1 Å². The molecule has 166 valence electrons. The summed E-state index contributed by atoms with van der Waals surface area (Å²) >= 11 is 0. The Morgan fingerprint density at radius 3 is 2.84 bits per heavy atom. The Morgan fingerprint density at radius 1 is 1.19 bits per heavy atom. The van der Waals surface area contributed by atoms with Crippen LogP contribution in [0.2, 0.25) is 0 Å². The molecular formula is C22H24FN7O2. The van der Waals surface area contributed by atoms with Crippen LogP contribution in [0.1, 0.15) is 28.0 Å². The molecule has 9 nitrogen and oxygen atoms in total. The van der Waals surface area contributed by atoms with Gasteiger partial charge in [-0.1, -0.05) is 23.4 Å². The third kappa shape index (κ3) is 3.88. The van der Waals surface area contributed by atoms with E-state index in [2.05, 4.69) is 15.4 Å². The van der Waals surface area contributed by atoms with Gasteiger partial charge in [-0.15, -0.1) is 5.10 Å². The smallest absolute Gasteiger partial charge is 0.280 e. The van der Waals surface area contributed by atoms with Gasteiger partial charge in [0.25, 0.3) is 5.91 Å². The minimum atomic E-state index is -1.09. The number of para-hydroxylation sites is 1. The molecule has 2 atom stereocenters. The molecule has 2 aliphatic heterocycles. The third-order valence-corrected chi connectivity index (χ3v) is 6.03. The number of hydrogen-bond acceptors (Lipinski definition) is 5. The molecule has 2 aliphatic rings. The number of hydrogen-bond donors (Lipinski definition) is 0. The number of fused-ring (bicyclic) bond motifs is 1. The van der Waals surface area contributed by atoms with Crippen molar-refractivity contribution in [1.82, 2.24) is 29.7 Å². The summed E-state index contributed by atoms with van der Waals surface area (Å²) < 4.78 is 17.3. The number of halogens is 1. The lowest BCUT2D eigenvalue weighted by Crippen LogP contribution is -2.40. The SMILES string of the molecule is Cc1cnn(CC(=O)N2C[C@@H](F)C[C@H]2Cn2cc(C(=O)N3CCc4ccccc43)nn2)c1. The average molecular weight is 437 g/mol. The number of rotatable bonds is 5. The minimum absolute atomic E-state index is 0.0504. The Balaban J connectivity index is 1.27. The number of aromatic nitrogens is 5. The van der Waals surface area contributed by atoms with Gasteiger partial charge >= 0.3 is 0 Å². The second-order valence-electron chi connectivity index (χ2n) is 8.41. The first-order valence-electron chi connectivity index (χ1n) is 10.7. The van der Waals surface area contributed by atoms with Gasteiger partial charge in [0.1, 0.15) is 12.7 Å². The molecule has 4 heterocycles. The van der Waals surface area contributed by atoms with Gasteiger partial charge in [-0.25, -0.2) is 9.07 Å². The Labute approximate surface area is 184 Å². The van der Waals surface area contributed by atoms with E-state index >= 15 is 0 Å². The molecule has 1 saturated heterocycles. The van der Waals surface area contributed by atoms with Crippen LogP contribution in [0.25, 0.3) is 0 Å². The summed E-state index contributed by atoms with van der Waals surface area (Å²) in [6.07, 6.45) is 4.99. The largest absolute Gasteiger partial charge is 0.333 e.